The van der Waals surface area contributed by atoms with Crippen molar-refractivity contribution in [3.8, 4) is 44.5 Å². The van der Waals surface area contributed by atoms with Crippen LogP contribution in [0.1, 0.15) is 0 Å². The van der Waals surface area contributed by atoms with E-state index in [2.05, 4.69) is 195 Å². The van der Waals surface area contributed by atoms with Gasteiger partial charge in [-0.15, -0.1) is 0 Å². The number of hydrogen-bond acceptors (Lipinski definition) is 1. The van der Waals surface area contributed by atoms with E-state index < -0.39 is 16.1 Å². The highest BCUT2D eigenvalue weighted by molar-refractivity contribution is 7.04. The highest BCUT2D eigenvalue weighted by Gasteiger charge is 2.39. The van der Waals surface area contributed by atoms with Gasteiger partial charge in [-0.1, -0.05) is 148 Å². The van der Waals surface area contributed by atoms with Crippen LogP contribution in [0.3, 0.4) is 0 Å². The van der Waals surface area contributed by atoms with E-state index in [-0.39, 0.29) is 0 Å². The third kappa shape index (κ3) is 4.72. The van der Waals surface area contributed by atoms with Crippen LogP contribution in [0.5, 0.6) is 0 Å². The fourth-order valence-corrected chi connectivity index (χ4v) is 14.6. The lowest BCUT2D eigenvalue weighted by molar-refractivity contribution is 1.29. The monoisotopic (exact) mass is 661 g/mol. The SMILES string of the molecule is C[Si]1(C)c2ccccc2-c2cc(N(c3ccc(-c4ccccc4)cc3)c3ccc4c(c3)[Si](C)(C)c3ccc(-c5ccccc5)cc3-4)ccc21. The van der Waals surface area contributed by atoms with Crippen molar-refractivity contribution >= 4 is 54.0 Å². The van der Waals surface area contributed by atoms with Crippen molar-refractivity contribution in [1.82, 2.24) is 0 Å². The van der Waals surface area contributed by atoms with Crippen molar-refractivity contribution in [2.24, 2.45) is 0 Å². The molecule has 0 aliphatic carbocycles. The molecule has 2 aliphatic heterocycles. The maximum Gasteiger partial charge on any atom is 0.113 e. The second kappa shape index (κ2) is 11.2. The summed E-state index contributed by atoms with van der Waals surface area (Å²) >= 11 is 0. The molecule has 2 aliphatic rings. The highest BCUT2D eigenvalue weighted by atomic mass is 28.3. The van der Waals surface area contributed by atoms with E-state index in [1.165, 1.54) is 77.1 Å². The van der Waals surface area contributed by atoms with E-state index in [0.29, 0.717) is 0 Å². The van der Waals surface area contributed by atoms with E-state index in [1.54, 1.807) is 5.19 Å². The van der Waals surface area contributed by atoms with Gasteiger partial charge in [0.25, 0.3) is 0 Å². The zero-order valence-corrected chi connectivity index (χ0v) is 30.5. The van der Waals surface area contributed by atoms with Crippen LogP contribution in [-0.2, 0) is 0 Å². The Hall–Kier alpha value is -5.23. The summed E-state index contributed by atoms with van der Waals surface area (Å²) in [6, 6.07) is 61.3. The number of anilines is 3. The minimum Gasteiger partial charge on any atom is -0.310 e. The first kappa shape index (κ1) is 29.9. The predicted octanol–water partition coefficient (Wildman–Crippen LogP) is 10.1. The van der Waals surface area contributed by atoms with E-state index in [0.717, 1.165) is 0 Å². The second-order valence-electron chi connectivity index (χ2n) is 14.6. The molecule has 0 spiro atoms. The molecule has 0 saturated heterocycles. The van der Waals surface area contributed by atoms with Crippen molar-refractivity contribution in [3.63, 3.8) is 0 Å². The summed E-state index contributed by atoms with van der Waals surface area (Å²) in [5, 5.41) is 6.11. The molecule has 0 fully saturated rings. The van der Waals surface area contributed by atoms with Crippen molar-refractivity contribution in [3.05, 3.63) is 164 Å². The lowest BCUT2D eigenvalue weighted by atomic mass is 9.98. The fourth-order valence-electron chi connectivity index (χ4n) is 8.42. The first-order valence-corrected chi connectivity index (χ1v) is 23.4. The summed E-state index contributed by atoms with van der Waals surface area (Å²) < 4.78 is 0. The Bertz CT molecular complexity index is 2370. The third-order valence-electron chi connectivity index (χ3n) is 11.1. The molecule has 2 heterocycles. The third-order valence-corrected chi connectivity index (χ3v) is 18.2. The van der Waals surface area contributed by atoms with Gasteiger partial charge in [0, 0.05) is 17.1 Å². The Balaban J connectivity index is 1.20. The Labute approximate surface area is 292 Å². The Morgan fingerprint density at radius 3 is 1.47 bits per heavy atom. The van der Waals surface area contributed by atoms with E-state index in [4.69, 9.17) is 0 Å². The molecule has 49 heavy (non-hydrogen) atoms. The van der Waals surface area contributed by atoms with Gasteiger partial charge in [-0.05, 0) is 108 Å². The highest BCUT2D eigenvalue weighted by Crippen LogP contribution is 2.41. The van der Waals surface area contributed by atoms with Crippen LogP contribution >= 0.6 is 0 Å². The number of rotatable bonds is 5. The molecule has 236 valence electrons. The van der Waals surface area contributed by atoms with Gasteiger partial charge in [-0.25, -0.2) is 0 Å². The molecule has 3 heteroatoms. The van der Waals surface area contributed by atoms with Gasteiger partial charge >= 0.3 is 0 Å². The molecule has 7 aromatic rings. The maximum absolute atomic E-state index is 2.52. The van der Waals surface area contributed by atoms with Crippen LogP contribution in [0, 0.1) is 0 Å². The fraction of sp³-hybridized carbons (Fsp3) is 0.0870. The van der Waals surface area contributed by atoms with Crippen molar-refractivity contribution in [2.45, 2.75) is 26.2 Å². The average Bonchev–Trinajstić information content (AvgIpc) is 3.51. The van der Waals surface area contributed by atoms with Crippen LogP contribution in [0.15, 0.2) is 164 Å². The van der Waals surface area contributed by atoms with Crippen LogP contribution in [-0.4, -0.2) is 16.1 Å². The largest absolute Gasteiger partial charge is 0.310 e. The molecule has 1 nitrogen and oxygen atoms in total. The number of fused-ring (bicyclic) bond motifs is 6. The molecule has 0 unspecified atom stereocenters. The molecule has 0 bridgehead atoms. The zero-order valence-electron chi connectivity index (χ0n) is 28.5. The number of hydrogen-bond donors (Lipinski definition) is 0. The summed E-state index contributed by atoms with van der Waals surface area (Å²) in [5.41, 5.74) is 14.2. The van der Waals surface area contributed by atoms with Gasteiger partial charge in [0.1, 0.15) is 16.1 Å². The average molecular weight is 662 g/mol. The van der Waals surface area contributed by atoms with Gasteiger partial charge in [-0.3, -0.25) is 0 Å². The molecule has 0 saturated carbocycles. The van der Waals surface area contributed by atoms with Crippen LogP contribution < -0.4 is 25.6 Å². The lowest BCUT2D eigenvalue weighted by Gasteiger charge is -2.28. The van der Waals surface area contributed by atoms with E-state index in [1.807, 2.05) is 0 Å². The van der Waals surface area contributed by atoms with Crippen LogP contribution in [0.4, 0.5) is 17.1 Å². The molecule has 0 radical (unpaired) electrons. The Morgan fingerprint density at radius 1 is 0.306 bits per heavy atom. The predicted molar refractivity (Wildman–Crippen MR) is 216 cm³/mol. The zero-order chi connectivity index (χ0) is 33.3. The van der Waals surface area contributed by atoms with Gasteiger partial charge in [0.05, 0.1) is 0 Å². The first-order valence-electron chi connectivity index (χ1n) is 17.4. The molecule has 0 N–H and O–H groups in total. The summed E-state index contributed by atoms with van der Waals surface area (Å²) in [6.07, 6.45) is 0. The molecule has 9 rings (SSSR count). The summed E-state index contributed by atoms with van der Waals surface area (Å²) in [6.45, 7) is 10.0. The van der Waals surface area contributed by atoms with Crippen molar-refractivity contribution < 1.29 is 0 Å². The van der Waals surface area contributed by atoms with E-state index in [9.17, 15) is 0 Å². The normalized spacial score (nSPS) is 14.4. The van der Waals surface area contributed by atoms with Crippen LogP contribution in [0.2, 0.25) is 26.2 Å². The van der Waals surface area contributed by atoms with Crippen molar-refractivity contribution in [1.29, 1.82) is 0 Å². The quantitative estimate of drug-likeness (QED) is 0.166. The second-order valence-corrected chi connectivity index (χ2v) is 23.3. The van der Waals surface area contributed by atoms with Crippen molar-refractivity contribution in [2.75, 3.05) is 4.90 Å². The minimum absolute atomic E-state index is 1.17. The minimum atomic E-state index is -1.94. The molecule has 0 atom stereocenters. The summed E-state index contributed by atoms with van der Waals surface area (Å²) in [4.78, 5) is 2.48. The lowest BCUT2D eigenvalue weighted by Crippen LogP contribution is -2.49. The van der Waals surface area contributed by atoms with Gasteiger partial charge in [0.15, 0.2) is 0 Å². The first-order chi connectivity index (χ1) is 23.8. The standard InChI is InChI=1S/C46H39NSi2/c1-48(2)43-18-12-11-17-39(43)42-30-37(25-28-45(42)48)47(36-22-19-34(20-23-36)32-13-7-5-8-14-32)38-24-26-40-41-29-35(33-15-9-6-10-16-33)21-27-44(41)49(3,4)46(40)31-38/h5-31H,1-4H3. The van der Waals surface area contributed by atoms with Gasteiger partial charge in [0.2, 0.25) is 0 Å². The maximum atomic E-state index is 2.52. The van der Waals surface area contributed by atoms with E-state index >= 15 is 0 Å². The number of benzene rings is 7. The van der Waals surface area contributed by atoms with Crippen LogP contribution in [0.25, 0.3) is 44.5 Å². The smallest absolute Gasteiger partial charge is 0.113 e. The molecule has 7 aromatic carbocycles. The summed E-state index contributed by atoms with van der Waals surface area (Å²) in [5.74, 6) is 0. The number of nitrogens with zero attached hydrogens (tertiary/aromatic N) is 1. The topological polar surface area (TPSA) is 3.24 Å². The molecular formula is C46H39NSi2. The molecular weight excluding hydrogens is 623 g/mol. The molecule has 0 amide bonds. The Kier molecular flexibility index (Phi) is 6.81. The molecule has 0 aromatic heterocycles. The Morgan fingerprint density at radius 2 is 0.755 bits per heavy atom. The summed E-state index contributed by atoms with van der Waals surface area (Å²) in [7, 11) is -3.70. The van der Waals surface area contributed by atoms with Gasteiger partial charge in [-0.2, -0.15) is 0 Å². The van der Waals surface area contributed by atoms with Gasteiger partial charge < -0.3 is 4.90 Å².